The SMILES string of the molecule is O=C1OC(c2ccc(I)c(Br)c2)=N/C1=C\c1cccc(OCc2cccc(I)c2)c1. The van der Waals surface area contributed by atoms with Gasteiger partial charge in [-0.05, 0) is 121 Å². The minimum atomic E-state index is -0.468. The largest absolute Gasteiger partial charge is 0.489 e. The summed E-state index contributed by atoms with van der Waals surface area (Å²) < 4.78 is 14.4. The lowest BCUT2D eigenvalue weighted by Crippen LogP contribution is -2.05. The molecule has 150 valence electrons. The van der Waals surface area contributed by atoms with Crippen molar-refractivity contribution in [3.8, 4) is 5.75 Å². The van der Waals surface area contributed by atoms with Crippen LogP contribution in [0.1, 0.15) is 16.7 Å². The van der Waals surface area contributed by atoms with Gasteiger partial charge in [-0.15, -0.1) is 0 Å². The number of carbonyl (C=O) groups is 1. The maximum Gasteiger partial charge on any atom is 0.363 e. The molecule has 0 aromatic heterocycles. The monoisotopic (exact) mass is 685 g/mol. The Labute approximate surface area is 209 Å². The lowest BCUT2D eigenvalue weighted by molar-refractivity contribution is -0.129. The molecule has 1 heterocycles. The third kappa shape index (κ3) is 5.30. The van der Waals surface area contributed by atoms with Crippen molar-refractivity contribution < 1.29 is 14.3 Å². The summed E-state index contributed by atoms with van der Waals surface area (Å²) in [7, 11) is 0. The number of esters is 1. The molecule has 1 aliphatic rings. The Hall–Kier alpha value is -1.72. The van der Waals surface area contributed by atoms with Crippen molar-refractivity contribution in [3.05, 3.63) is 101 Å². The van der Waals surface area contributed by atoms with Gasteiger partial charge in [-0.25, -0.2) is 9.79 Å². The molecule has 0 amide bonds. The molecule has 0 atom stereocenters. The lowest BCUT2D eigenvalue weighted by atomic mass is 10.2. The highest BCUT2D eigenvalue weighted by molar-refractivity contribution is 14.1. The van der Waals surface area contributed by atoms with Crippen molar-refractivity contribution >= 4 is 79.1 Å². The van der Waals surface area contributed by atoms with E-state index < -0.39 is 5.97 Å². The minimum Gasteiger partial charge on any atom is -0.489 e. The zero-order valence-electron chi connectivity index (χ0n) is 15.4. The number of aliphatic imine (C=N–C) groups is 1. The first kappa shape index (κ1) is 21.5. The van der Waals surface area contributed by atoms with Gasteiger partial charge in [-0.2, -0.15) is 0 Å². The Bertz CT molecular complexity index is 1190. The number of hydrogen-bond donors (Lipinski definition) is 0. The normalized spacial score (nSPS) is 14.6. The molecular formula is C23H14BrI2NO3. The van der Waals surface area contributed by atoms with E-state index in [0.29, 0.717) is 12.5 Å². The van der Waals surface area contributed by atoms with Crippen LogP contribution in [0.5, 0.6) is 5.75 Å². The average Bonchev–Trinajstić information content (AvgIpc) is 3.09. The van der Waals surface area contributed by atoms with Crippen molar-refractivity contribution in [1.29, 1.82) is 0 Å². The third-order valence-corrected chi connectivity index (χ3v) is 7.25. The highest BCUT2D eigenvalue weighted by Crippen LogP contribution is 2.25. The van der Waals surface area contributed by atoms with E-state index in [2.05, 4.69) is 72.2 Å². The highest BCUT2D eigenvalue weighted by Gasteiger charge is 2.24. The Kier molecular flexibility index (Phi) is 6.89. The van der Waals surface area contributed by atoms with Crippen molar-refractivity contribution in [1.82, 2.24) is 0 Å². The second kappa shape index (κ2) is 9.61. The molecule has 1 aliphatic heterocycles. The molecule has 3 aromatic carbocycles. The molecule has 0 radical (unpaired) electrons. The fourth-order valence-corrected chi connectivity index (χ4v) is 4.13. The first-order valence-corrected chi connectivity index (χ1v) is 11.9. The molecule has 4 nitrogen and oxygen atoms in total. The zero-order chi connectivity index (χ0) is 21.1. The number of ether oxygens (including phenoxy) is 2. The fraction of sp³-hybridized carbons (Fsp3) is 0.0435. The van der Waals surface area contributed by atoms with Crippen molar-refractivity contribution in [2.75, 3.05) is 0 Å². The third-order valence-electron chi connectivity index (χ3n) is 4.24. The summed E-state index contributed by atoms with van der Waals surface area (Å²) in [4.78, 5) is 16.7. The minimum absolute atomic E-state index is 0.259. The number of rotatable bonds is 5. The van der Waals surface area contributed by atoms with Crippen molar-refractivity contribution in [3.63, 3.8) is 0 Å². The van der Waals surface area contributed by atoms with E-state index in [1.54, 1.807) is 6.08 Å². The first-order valence-electron chi connectivity index (χ1n) is 8.93. The number of benzene rings is 3. The maximum atomic E-state index is 12.3. The average molecular weight is 686 g/mol. The van der Waals surface area contributed by atoms with Gasteiger partial charge in [0, 0.05) is 17.2 Å². The van der Waals surface area contributed by atoms with Gasteiger partial charge in [-0.1, -0.05) is 24.3 Å². The number of nitrogens with zero attached hydrogens (tertiary/aromatic N) is 1. The molecule has 0 saturated carbocycles. The molecule has 0 N–H and O–H groups in total. The van der Waals surface area contributed by atoms with Gasteiger partial charge >= 0.3 is 5.97 Å². The molecule has 0 bridgehead atoms. The summed E-state index contributed by atoms with van der Waals surface area (Å²) in [6.07, 6.45) is 1.70. The molecule has 0 spiro atoms. The van der Waals surface area contributed by atoms with Crippen LogP contribution in [0.25, 0.3) is 6.08 Å². The molecule has 0 fully saturated rings. The molecule has 4 rings (SSSR count). The van der Waals surface area contributed by atoms with Crippen LogP contribution < -0.4 is 4.74 Å². The number of cyclic esters (lactones) is 1. The topological polar surface area (TPSA) is 47.9 Å². The van der Waals surface area contributed by atoms with E-state index in [1.807, 2.05) is 60.7 Å². The standard InChI is InChI=1S/C23H14BrI2NO3/c24-19-12-16(7-8-20(19)26)22-27-21(23(28)30-22)11-14-3-2-6-18(10-14)29-13-15-4-1-5-17(25)9-15/h1-12H,13H2/b21-11-. The second-order valence-corrected chi connectivity index (χ2v) is 9.72. The van der Waals surface area contributed by atoms with E-state index in [-0.39, 0.29) is 5.70 Å². The Balaban J connectivity index is 1.52. The van der Waals surface area contributed by atoms with Gasteiger partial charge in [0.05, 0.1) is 0 Å². The smallest absolute Gasteiger partial charge is 0.363 e. The van der Waals surface area contributed by atoms with E-state index >= 15 is 0 Å². The molecule has 30 heavy (non-hydrogen) atoms. The van der Waals surface area contributed by atoms with Crippen LogP contribution in [0.3, 0.4) is 0 Å². The number of hydrogen-bond acceptors (Lipinski definition) is 4. The van der Waals surface area contributed by atoms with Gasteiger partial charge < -0.3 is 9.47 Å². The zero-order valence-corrected chi connectivity index (χ0v) is 21.3. The summed E-state index contributed by atoms with van der Waals surface area (Å²) in [6, 6.07) is 21.4. The van der Waals surface area contributed by atoms with Gasteiger partial charge in [0.25, 0.3) is 0 Å². The molecule has 3 aromatic rings. The predicted octanol–water partition coefficient (Wildman–Crippen LogP) is 6.58. The number of halogens is 3. The van der Waals surface area contributed by atoms with E-state index in [1.165, 1.54) is 3.57 Å². The van der Waals surface area contributed by atoms with Gasteiger partial charge in [0.15, 0.2) is 5.70 Å². The van der Waals surface area contributed by atoms with Crippen LogP contribution in [0.2, 0.25) is 0 Å². The van der Waals surface area contributed by atoms with Gasteiger partial charge in [0.1, 0.15) is 12.4 Å². The highest BCUT2D eigenvalue weighted by atomic mass is 127. The van der Waals surface area contributed by atoms with Crippen molar-refractivity contribution in [2.45, 2.75) is 6.61 Å². The summed E-state index contributed by atoms with van der Waals surface area (Å²) in [5, 5.41) is 0. The second-order valence-electron chi connectivity index (χ2n) is 6.46. The first-order chi connectivity index (χ1) is 14.5. The van der Waals surface area contributed by atoms with Crippen LogP contribution in [-0.2, 0) is 16.1 Å². The molecule has 7 heteroatoms. The Morgan fingerprint density at radius 2 is 1.87 bits per heavy atom. The van der Waals surface area contributed by atoms with E-state index in [9.17, 15) is 4.79 Å². The maximum absolute atomic E-state index is 12.3. The fourth-order valence-electron chi connectivity index (χ4n) is 2.81. The summed E-state index contributed by atoms with van der Waals surface area (Å²) in [6.45, 7) is 0.475. The van der Waals surface area contributed by atoms with Crippen molar-refractivity contribution in [2.24, 2.45) is 4.99 Å². The predicted molar refractivity (Wildman–Crippen MR) is 137 cm³/mol. The number of carbonyl (C=O) groups excluding carboxylic acids is 1. The quantitative estimate of drug-likeness (QED) is 0.173. The molecule has 0 saturated heterocycles. The summed E-state index contributed by atoms with van der Waals surface area (Å²) in [5.41, 5.74) is 2.92. The lowest BCUT2D eigenvalue weighted by Gasteiger charge is -2.07. The van der Waals surface area contributed by atoms with Crippen LogP contribution in [0.15, 0.2) is 81.9 Å². The van der Waals surface area contributed by atoms with Crippen LogP contribution in [0, 0.1) is 7.14 Å². The molecule has 0 aliphatic carbocycles. The van der Waals surface area contributed by atoms with Crippen LogP contribution >= 0.6 is 61.1 Å². The summed E-state index contributed by atoms with van der Waals surface area (Å²) >= 11 is 7.99. The Morgan fingerprint density at radius 3 is 2.67 bits per heavy atom. The molecular weight excluding hydrogens is 672 g/mol. The van der Waals surface area contributed by atoms with Crippen LogP contribution in [0.4, 0.5) is 0 Å². The van der Waals surface area contributed by atoms with Crippen LogP contribution in [-0.4, -0.2) is 11.9 Å². The van der Waals surface area contributed by atoms with E-state index in [0.717, 1.165) is 30.5 Å². The Morgan fingerprint density at radius 1 is 1.03 bits per heavy atom. The van der Waals surface area contributed by atoms with Gasteiger partial charge in [0.2, 0.25) is 5.90 Å². The summed E-state index contributed by atoms with van der Waals surface area (Å²) in [5.74, 6) is 0.555. The van der Waals surface area contributed by atoms with E-state index in [4.69, 9.17) is 9.47 Å². The molecule has 0 unspecified atom stereocenters. The van der Waals surface area contributed by atoms with Gasteiger partial charge in [-0.3, -0.25) is 0 Å².